The molecule has 0 N–H and O–H groups in total. The lowest BCUT2D eigenvalue weighted by Gasteiger charge is -2.35. The van der Waals surface area contributed by atoms with Crippen molar-refractivity contribution in [3.8, 4) is 11.8 Å². The van der Waals surface area contributed by atoms with Crippen molar-refractivity contribution >= 4 is 17.1 Å². The fourth-order valence-corrected chi connectivity index (χ4v) is 9.15. The van der Waals surface area contributed by atoms with Crippen molar-refractivity contribution in [3.63, 3.8) is 0 Å². The predicted octanol–water partition coefficient (Wildman–Crippen LogP) is 5.23. The Morgan fingerprint density at radius 3 is 2.17 bits per heavy atom. The molecule has 0 aliphatic heterocycles. The lowest BCUT2D eigenvalue weighted by Crippen LogP contribution is -2.50. The fraction of sp³-hybridized carbons (Fsp3) is 0.778. The van der Waals surface area contributed by atoms with Gasteiger partial charge >= 0.3 is 17.1 Å². The Bertz CT molecular complexity index is 422. The van der Waals surface area contributed by atoms with E-state index in [1.165, 1.54) is 0 Å². The van der Waals surface area contributed by atoms with Crippen LogP contribution in [-0.4, -0.2) is 29.8 Å². The second kappa shape index (κ2) is 10.5. The summed E-state index contributed by atoms with van der Waals surface area (Å²) >= 11 is 0. The smallest absolute Gasteiger partial charge is 0.323 e. The lowest BCUT2D eigenvalue weighted by molar-refractivity contribution is 0.134. The number of hydrogen-bond donors (Lipinski definition) is 0. The fourth-order valence-electron chi connectivity index (χ4n) is 2.39. The molecule has 5 heteroatoms. The molecule has 0 aliphatic carbocycles. The van der Waals surface area contributed by atoms with Crippen molar-refractivity contribution in [2.45, 2.75) is 79.2 Å². The van der Waals surface area contributed by atoms with Crippen LogP contribution < -0.4 is 0 Å². The molecule has 0 rings (SSSR count). The molecule has 2 unspecified atom stereocenters. The van der Waals surface area contributed by atoms with Crippen LogP contribution in [0, 0.1) is 17.8 Å². The molecule has 0 spiro atoms. The molecule has 0 fully saturated rings. The van der Waals surface area contributed by atoms with Gasteiger partial charge in [-0.1, -0.05) is 45.6 Å². The van der Waals surface area contributed by atoms with E-state index < -0.39 is 17.1 Å². The maximum absolute atomic E-state index is 6.38. The molecule has 0 saturated heterocycles. The lowest BCUT2D eigenvalue weighted by atomic mass is 10.00. The average Bonchev–Trinajstić information content (AvgIpc) is 2.40. The van der Waals surface area contributed by atoms with Gasteiger partial charge in [-0.3, -0.25) is 0 Å². The van der Waals surface area contributed by atoms with Crippen molar-refractivity contribution in [3.05, 3.63) is 12.2 Å². The summed E-state index contributed by atoms with van der Waals surface area (Å²) < 4.78 is 18.6. The average molecular weight is 357 g/mol. The molecule has 0 saturated carbocycles. The van der Waals surface area contributed by atoms with Crippen LogP contribution in [0.5, 0.6) is 0 Å². The van der Waals surface area contributed by atoms with Crippen LogP contribution >= 0.6 is 0 Å². The highest BCUT2D eigenvalue weighted by Gasteiger charge is 2.38. The molecule has 23 heavy (non-hydrogen) atoms. The van der Waals surface area contributed by atoms with E-state index in [9.17, 15) is 0 Å². The third kappa shape index (κ3) is 10.9. The van der Waals surface area contributed by atoms with Crippen molar-refractivity contribution in [2.75, 3.05) is 6.61 Å². The highest BCUT2D eigenvalue weighted by molar-refractivity contribution is 6.78. The summed E-state index contributed by atoms with van der Waals surface area (Å²) in [5.74, 6) is 6.71. The number of rotatable bonds is 10. The maximum Gasteiger partial charge on any atom is 0.323 e. The second-order valence-corrected chi connectivity index (χ2v) is 14.0. The van der Waals surface area contributed by atoms with E-state index in [1.807, 2.05) is 6.92 Å². The van der Waals surface area contributed by atoms with Crippen LogP contribution in [0.4, 0.5) is 0 Å². The first-order chi connectivity index (χ1) is 10.5. The van der Waals surface area contributed by atoms with Crippen LogP contribution in [0.1, 0.15) is 47.0 Å². The van der Waals surface area contributed by atoms with E-state index >= 15 is 0 Å². The van der Waals surface area contributed by atoms with Gasteiger partial charge in [-0.15, -0.1) is 0 Å². The molecule has 0 aromatic rings. The Labute approximate surface area is 146 Å². The highest BCUT2D eigenvalue weighted by atomic mass is 28.5. The maximum atomic E-state index is 6.38. The molecule has 0 aromatic heterocycles. The van der Waals surface area contributed by atoms with Crippen molar-refractivity contribution in [2.24, 2.45) is 5.92 Å². The zero-order chi connectivity index (χ0) is 18.1. The Balaban J connectivity index is 5.00. The Morgan fingerprint density at radius 2 is 1.70 bits per heavy atom. The van der Waals surface area contributed by atoms with Crippen molar-refractivity contribution < 1.29 is 13.0 Å². The summed E-state index contributed by atoms with van der Waals surface area (Å²) in [7, 11) is -4.46. The van der Waals surface area contributed by atoms with Gasteiger partial charge in [-0.25, -0.2) is 0 Å². The molecule has 0 aromatic carbocycles. The summed E-state index contributed by atoms with van der Waals surface area (Å²) in [6.45, 7) is 21.4. The molecule has 134 valence electrons. The molecule has 0 radical (unpaired) electrons. The van der Waals surface area contributed by atoms with Crippen molar-refractivity contribution in [1.82, 2.24) is 0 Å². The first kappa shape index (κ1) is 22.6. The largest absolute Gasteiger partial charge is 0.415 e. The Morgan fingerprint density at radius 1 is 1.09 bits per heavy atom. The third-order valence-electron chi connectivity index (χ3n) is 3.24. The molecule has 0 aliphatic rings. The quantitative estimate of drug-likeness (QED) is 0.396. The van der Waals surface area contributed by atoms with E-state index in [0.29, 0.717) is 5.92 Å². The van der Waals surface area contributed by atoms with E-state index in [2.05, 4.69) is 65.4 Å². The van der Waals surface area contributed by atoms with Gasteiger partial charge < -0.3 is 13.0 Å². The molecule has 0 bridgehead atoms. The molecule has 2 atom stereocenters. The standard InChI is InChI=1S/C18H36O3Si2/c1-10-12-17(5)18(14-13-16(3)4)20-23(8,9)21-22(6,7)19-15-11-2/h17-18H,3,10-12,15H2,1-2,4-9H3. The van der Waals surface area contributed by atoms with Crippen molar-refractivity contribution in [1.29, 1.82) is 0 Å². The molecule has 3 nitrogen and oxygen atoms in total. The normalized spacial score (nSPS) is 14.8. The van der Waals surface area contributed by atoms with Gasteiger partial charge in [0, 0.05) is 6.61 Å². The van der Waals surface area contributed by atoms with E-state index in [4.69, 9.17) is 13.0 Å². The van der Waals surface area contributed by atoms with Gasteiger partial charge in [-0.05, 0) is 57.4 Å². The monoisotopic (exact) mass is 356 g/mol. The van der Waals surface area contributed by atoms with Crippen LogP contribution in [0.3, 0.4) is 0 Å². The Kier molecular flexibility index (Phi) is 10.3. The van der Waals surface area contributed by atoms with Gasteiger partial charge in [0.15, 0.2) is 0 Å². The third-order valence-corrected chi connectivity index (χ3v) is 8.90. The zero-order valence-electron chi connectivity index (χ0n) is 16.4. The molecular formula is C18H36O3Si2. The summed E-state index contributed by atoms with van der Waals surface area (Å²) in [6.07, 6.45) is 3.11. The van der Waals surface area contributed by atoms with Gasteiger partial charge in [0.05, 0.1) is 0 Å². The van der Waals surface area contributed by atoms with Crippen LogP contribution in [0.25, 0.3) is 0 Å². The van der Waals surface area contributed by atoms with Gasteiger partial charge in [0.2, 0.25) is 0 Å². The molecule has 0 heterocycles. The van der Waals surface area contributed by atoms with Gasteiger partial charge in [0.25, 0.3) is 0 Å². The first-order valence-electron chi connectivity index (χ1n) is 8.72. The number of allylic oxidation sites excluding steroid dienone is 1. The number of hydrogen-bond acceptors (Lipinski definition) is 3. The highest BCUT2D eigenvalue weighted by Crippen LogP contribution is 2.23. The predicted molar refractivity (Wildman–Crippen MR) is 104 cm³/mol. The first-order valence-corrected chi connectivity index (χ1v) is 14.3. The molecular weight excluding hydrogens is 320 g/mol. The molecule has 0 amide bonds. The SMILES string of the molecule is C=C(C)C#CC(O[Si](C)(C)O[Si](C)(C)OCCC)C(C)CCC. The minimum atomic E-state index is -2.31. The van der Waals surface area contributed by atoms with Crippen LogP contribution in [0.15, 0.2) is 12.2 Å². The van der Waals surface area contributed by atoms with E-state index in [0.717, 1.165) is 31.4 Å². The Hall–Kier alpha value is -0.386. The minimum absolute atomic E-state index is 0.107. The summed E-state index contributed by atoms with van der Waals surface area (Å²) in [5.41, 5.74) is 0.865. The van der Waals surface area contributed by atoms with Crippen LogP contribution in [-0.2, 0) is 13.0 Å². The van der Waals surface area contributed by atoms with E-state index in [-0.39, 0.29) is 6.10 Å². The summed E-state index contributed by atoms with van der Waals surface area (Å²) in [5, 5.41) is 0. The van der Waals surface area contributed by atoms with E-state index in [1.54, 1.807) is 0 Å². The summed E-state index contributed by atoms with van der Waals surface area (Å²) in [6, 6.07) is 0. The van der Waals surface area contributed by atoms with Gasteiger partial charge in [-0.2, -0.15) is 0 Å². The van der Waals surface area contributed by atoms with Crippen LogP contribution in [0.2, 0.25) is 26.2 Å². The topological polar surface area (TPSA) is 27.7 Å². The van der Waals surface area contributed by atoms with Gasteiger partial charge in [0.1, 0.15) is 6.10 Å². The second-order valence-electron chi connectivity index (χ2n) is 7.10. The summed E-state index contributed by atoms with van der Waals surface area (Å²) in [4.78, 5) is 0. The zero-order valence-corrected chi connectivity index (χ0v) is 18.4. The minimum Gasteiger partial charge on any atom is -0.415 e.